The van der Waals surface area contributed by atoms with E-state index in [-0.39, 0.29) is 0 Å². The van der Waals surface area contributed by atoms with E-state index >= 15 is 0 Å². The summed E-state index contributed by atoms with van der Waals surface area (Å²) >= 11 is 0. The van der Waals surface area contributed by atoms with Crippen LogP contribution in [0.5, 0.6) is 0 Å². The Morgan fingerprint density at radius 3 is 1.83 bits per heavy atom. The second-order valence-electron chi connectivity index (χ2n) is 14.8. The fourth-order valence-electron chi connectivity index (χ4n) is 8.69. The molecule has 3 aromatic heterocycles. The molecule has 58 heavy (non-hydrogen) atoms. The lowest BCUT2D eigenvalue weighted by Crippen LogP contribution is -2.01. The van der Waals surface area contributed by atoms with Crippen LogP contribution in [-0.2, 0) is 0 Å². The highest BCUT2D eigenvalue weighted by Crippen LogP contribution is 2.40. The van der Waals surface area contributed by atoms with Crippen molar-refractivity contribution < 1.29 is 4.42 Å². The Labute approximate surface area is 333 Å². The predicted octanol–water partition coefficient (Wildman–Crippen LogP) is 13.8. The van der Waals surface area contributed by atoms with Crippen LogP contribution in [0.2, 0.25) is 0 Å². The highest BCUT2D eigenvalue weighted by Gasteiger charge is 2.19. The predicted molar refractivity (Wildman–Crippen MR) is 238 cm³/mol. The van der Waals surface area contributed by atoms with Gasteiger partial charge in [0, 0.05) is 43.9 Å². The Morgan fingerprint density at radius 2 is 1.00 bits per heavy atom. The smallest absolute Gasteiger partial charge is 0.164 e. The maximum absolute atomic E-state index is 6.61. The van der Waals surface area contributed by atoms with E-state index in [1.54, 1.807) is 0 Å². The van der Waals surface area contributed by atoms with E-state index in [2.05, 4.69) is 156 Å². The minimum atomic E-state index is 0.586. The molecule has 3 heterocycles. The molecule has 0 radical (unpaired) electrons. The fourth-order valence-corrected chi connectivity index (χ4v) is 8.69. The molecule has 0 atom stereocenters. The van der Waals surface area contributed by atoms with Gasteiger partial charge in [0.25, 0.3) is 0 Å². The molecule has 0 amide bonds. The average molecular weight is 741 g/mol. The van der Waals surface area contributed by atoms with Crippen molar-refractivity contribution in [2.45, 2.75) is 0 Å². The van der Waals surface area contributed by atoms with Gasteiger partial charge in [-0.05, 0) is 81.2 Å². The maximum Gasteiger partial charge on any atom is 0.164 e. The largest absolute Gasteiger partial charge is 0.456 e. The lowest BCUT2D eigenvalue weighted by atomic mass is 9.99. The Bertz CT molecular complexity index is 3570. The number of fused-ring (bicyclic) bond motifs is 9. The van der Waals surface area contributed by atoms with Gasteiger partial charge in [-0.3, -0.25) is 0 Å². The van der Waals surface area contributed by atoms with Crippen LogP contribution in [0, 0.1) is 0 Å². The van der Waals surface area contributed by atoms with Crippen molar-refractivity contribution in [3.8, 4) is 51.0 Å². The molecule has 5 heteroatoms. The van der Waals surface area contributed by atoms with E-state index in [1.807, 2.05) is 42.5 Å². The molecule has 12 rings (SSSR count). The lowest BCUT2D eigenvalue weighted by molar-refractivity contribution is 0.669. The number of nitrogens with zero attached hydrogens (tertiary/aromatic N) is 4. The molecule has 0 spiro atoms. The number of benzene rings is 9. The van der Waals surface area contributed by atoms with Crippen molar-refractivity contribution >= 4 is 65.3 Å². The maximum atomic E-state index is 6.61. The van der Waals surface area contributed by atoms with Gasteiger partial charge >= 0.3 is 0 Å². The molecule has 9 aromatic carbocycles. The zero-order valence-corrected chi connectivity index (χ0v) is 31.2. The summed E-state index contributed by atoms with van der Waals surface area (Å²) < 4.78 is 9.01. The van der Waals surface area contributed by atoms with Crippen LogP contribution in [0.4, 0.5) is 0 Å². The van der Waals surface area contributed by atoms with E-state index in [9.17, 15) is 0 Å². The fraction of sp³-hybridized carbons (Fsp3) is 0. The number of hydrogen-bond acceptors (Lipinski definition) is 4. The summed E-state index contributed by atoms with van der Waals surface area (Å²) in [7, 11) is 0. The second-order valence-corrected chi connectivity index (χ2v) is 14.8. The Morgan fingerprint density at radius 1 is 0.345 bits per heavy atom. The molecule has 0 unspecified atom stereocenters. The third-order valence-electron chi connectivity index (χ3n) is 11.4. The summed E-state index contributed by atoms with van der Waals surface area (Å²) in [5, 5.41) is 9.41. The molecule has 0 aliphatic carbocycles. The Hall–Kier alpha value is -7.89. The zero-order chi connectivity index (χ0) is 38.2. The van der Waals surface area contributed by atoms with Crippen LogP contribution < -0.4 is 0 Å². The van der Waals surface area contributed by atoms with E-state index < -0.39 is 0 Å². The number of aromatic nitrogens is 4. The molecule has 0 saturated carbocycles. The van der Waals surface area contributed by atoms with E-state index in [0.29, 0.717) is 17.5 Å². The molecule has 0 fully saturated rings. The topological polar surface area (TPSA) is 56.7 Å². The molecular formula is C53H32N4O. The minimum Gasteiger partial charge on any atom is -0.456 e. The number of hydrogen-bond donors (Lipinski definition) is 0. The summed E-state index contributed by atoms with van der Waals surface area (Å²) in [5.41, 5.74) is 10.0. The van der Waals surface area contributed by atoms with Crippen LogP contribution in [0.1, 0.15) is 0 Å². The summed E-state index contributed by atoms with van der Waals surface area (Å²) in [4.78, 5) is 15.2. The molecule has 270 valence electrons. The van der Waals surface area contributed by atoms with E-state index in [0.717, 1.165) is 66.2 Å². The van der Waals surface area contributed by atoms with Gasteiger partial charge in [-0.1, -0.05) is 146 Å². The lowest BCUT2D eigenvalue weighted by Gasteiger charge is -2.12. The number of furan rings is 1. The number of para-hydroxylation sites is 1. The van der Waals surface area contributed by atoms with Crippen molar-refractivity contribution in [2.24, 2.45) is 0 Å². The van der Waals surface area contributed by atoms with Crippen LogP contribution in [0.25, 0.3) is 116 Å². The van der Waals surface area contributed by atoms with Gasteiger partial charge < -0.3 is 8.98 Å². The summed E-state index contributed by atoms with van der Waals surface area (Å²) in [6.07, 6.45) is 0. The summed E-state index contributed by atoms with van der Waals surface area (Å²) in [6, 6.07) is 68.0. The highest BCUT2D eigenvalue weighted by molar-refractivity contribution is 6.20. The van der Waals surface area contributed by atoms with Gasteiger partial charge in [0.05, 0.1) is 11.0 Å². The van der Waals surface area contributed by atoms with E-state index in [1.165, 1.54) is 32.6 Å². The van der Waals surface area contributed by atoms with Gasteiger partial charge in [0.2, 0.25) is 0 Å². The van der Waals surface area contributed by atoms with Gasteiger partial charge in [0.15, 0.2) is 17.5 Å². The number of rotatable bonds is 5. The molecule has 0 saturated heterocycles. The monoisotopic (exact) mass is 740 g/mol. The van der Waals surface area contributed by atoms with Crippen LogP contribution in [-0.4, -0.2) is 19.5 Å². The molecule has 12 aromatic rings. The Kier molecular flexibility index (Phi) is 7.16. The quantitative estimate of drug-likeness (QED) is 0.176. The molecule has 0 aliphatic rings. The van der Waals surface area contributed by atoms with Gasteiger partial charge in [-0.2, -0.15) is 0 Å². The van der Waals surface area contributed by atoms with Crippen LogP contribution >= 0.6 is 0 Å². The molecule has 0 aliphatic heterocycles. The normalized spacial score (nSPS) is 11.8. The molecular weight excluding hydrogens is 709 g/mol. The SMILES string of the molecule is c1ccc(-c2nc(-c3ccc4c(c3)oc3ccc5cc(-n6c7ccccc7c7cc8ccccc8cc76)ccc5c34)nc(-c3ccccc3-c3ccccc3)n2)cc1. The third-order valence-corrected chi connectivity index (χ3v) is 11.4. The van der Waals surface area contributed by atoms with Crippen molar-refractivity contribution in [1.82, 2.24) is 19.5 Å². The Balaban J connectivity index is 1.00. The average Bonchev–Trinajstić information content (AvgIpc) is 3.83. The third kappa shape index (κ3) is 5.14. The van der Waals surface area contributed by atoms with Crippen molar-refractivity contribution in [2.75, 3.05) is 0 Å². The summed E-state index contributed by atoms with van der Waals surface area (Å²) in [6.45, 7) is 0. The van der Waals surface area contributed by atoms with Gasteiger partial charge in [-0.15, -0.1) is 0 Å². The van der Waals surface area contributed by atoms with Crippen LogP contribution in [0.15, 0.2) is 199 Å². The van der Waals surface area contributed by atoms with Crippen molar-refractivity contribution in [1.29, 1.82) is 0 Å². The van der Waals surface area contributed by atoms with E-state index in [4.69, 9.17) is 19.4 Å². The molecule has 0 bridgehead atoms. The van der Waals surface area contributed by atoms with Crippen molar-refractivity contribution in [3.05, 3.63) is 194 Å². The second kappa shape index (κ2) is 12.8. The highest BCUT2D eigenvalue weighted by atomic mass is 16.3. The van der Waals surface area contributed by atoms with Gasteiger partial charge in [0.1, 0.15) is 11.2 Å². The first-order chi connectivity index (χ1) is 28.7. The molecule has 5 nitrogen and oxygen atoms in total. The standard InChI is InChI=1S/C53H32N4O/c1-3-13-33(14-4-1)40-19-9-10-21-43(40)53-55-51(34-15-5-2-6-16-34)54-52(56-53)38-23-26-44-49(32-38)58-48-28-24-37-29-39(25-27-41(37)50(44)48)57-46-22-12-11-20-42(46)45-30-35-17-7-8-18-36(35)31-47(45)57/h1-32H. The first kappa shape index (κ1) is 32.4. The summed E-state index contributed by atoms with van der Waals surface area (Å²) in [5.74, 6) is 1.82. The van der Waals surface area contributed by atoms with Crippen LogP contribution in [0.3, 0.4) is 0 Å². The van der Waals surface area contributed by atoms with Crippen molar-refractivity contribution in [3.63, 3.8) is 0 Å². The van der Waals surface area contributed by atoms with Gasteiger partial charge in [-0.25, -0.2) is 15.0 Å². The first-order valence-corrected chi connectivity index (χ1v) is 19.5. The first-order valence-electron chi connectivity index (χ1n) is 19.5. The molecule has 0 N–H and O–H groups in total. The zero-order valence-electron chi connectivity index (χ0n) is 31.2. The minimum absolute atomic E-state index is 0.586.